The Morgan fingerprint density at radius 3 is 2.20 bits per heavy atom. The summed E-state index contributed by atoms with van der Waals surface area (Å²) in [5.41, 5.74) is 6.68. The van der Waals surface area contributed by atoms with Gasteiger partial charge in [0.05, 0.1) is 18.6 Å². The highest BCUT2D eigenvalue weighted by Crippen LogP contribution is 2.35. The number of nitrogens with two attached hydrogens (primary N) is 1. The van der Waals surface area contributed by atoms with Gasteiger partial charge in [-0.3, -0.25) is 4.79 Å². The molecule has 1 saturated heterocycles. The largest absolute Gasteiger partial charge is 0.497 e. The summed E-state index contributed by atoms with van der Waals surface area (Å²) in [6, 6.07) is 14.0. The van der Waals surface area contributed by atoms with Crippen LogP contribution in [0.25, 0.3) is 0 Å². The van der Waals surface area contributed by atoms with Gasteiger partial charge in [0.2, 0.25) is 5.91 Å². The molecular formula is C22H27NO6S. The Morgan fingerprint density at radius 1 is 1.03 bits per heavy atom. The van der Waals surface area contributed by atoms with Crippen molar-refractivity contribution in [1.29, 1.82) is 0 Å². The van der Waals surface area contributed by atoms with E-state index >= 15 is 0 Å². The molecule has 3 rings (SSSR count). The van der Waals surface area contributed by atoms with Crippen LogP contribution in [0, 0.1) is 0 Å². The highest BCUT2D eigenvalue weighted by molar-refractivity contribution is 7.93. The summed E-state index contributed by atoms with van der Waals surface area (Å²) in [6.45, 7) is 0.885. The molecule has 8 heteroatoms. The van der Waals surface area contributed by atoms with Gasteiger partial charge in [-0.05, 0) is 67.6 Å². The highest BCUT2D eigenvalue weighted by Gasteiger charge is 2.51. The van der Waals surface area contributed by atoms with E-state index in [1.165, 1.54) is 17.7 Å². The second-order valence-electron chi connectivity index (χ2n) is 7.25. The van der Waals surface area contributed by atoms with Gasteiger partial charge >= 0.3 is 0 Å². The number of carbonyl (C=O) groups excluding carboxylic acids is 1. The molecule has 0 aliphatic carbocycles. The minimum absolute atomic E-state index is 0.0637. The second-order valence-corrected chi connectivity index (χ2v) is 9.51. The zero-order valence-electron chi connectivity index (χ0n) is 17.0. The van der Waals surface area contributed by atoms with E-state index in [4.69, 9.17) is 19.9 Å². The third-order valence-electron chi connectivity index (χ3n) is 5.44. The lowest BCUT2D eigenvalue weighted by molar-refractivity contribution is -0.122. The molecule has 1 amide bonds. The van der Waals surface area contributed by atoms with Crippen molar-refractivity contribution in [3.63, 3.8) is 0 Å². The normalized spacial score (nSPS) is 16.0. The molecule has 2 aromatic carbocycles. The minimum atomic E-state index is -3.93. The number of sulfone groups is 1. The molecule has 0 atom stereocenters. The Balaban J connectivity index is 1.59. The smallest absolute Gasteiger partial charge is 0.239 e. The van der Waals surface area contributed by atoms with Gasteiger partial charge in [-0.15, -0.1) is 0 Å². The fourth-order valence-electron chi connectivity index (χ4n) is 3.55. The Labute approximate surface area is 177 Å². The van der Waals surface area contributed by atoms with Crippen LogP contribution < -0.4 is 15.2 Å². The average molecular weight is 434 g/mol. The van der Waals surface area contributed by atoms with Crippen molar-refractivity contribution in [3.05, 3.63) is 54.1 Å². The molecule has 0 unspecified atom stereocenters. The van der Waals surface area contributed by atoms with Crippen LogP contribution in [0.4, 0.5) is 0 Å². The van der Waals surface area contributed by atoms with Crippen LogP contribution in [-0.4, -0.2) is 46.0 Å². The molecule has 2 N–H and O–H groups in total. The third kappa shape index (κ3) is 4.60. The highest BCUT2D eigenvalue weighted by atomic mass is 32.2. The SMILES string of the molecule is COc1ccc(CCCOc2ccc(S(=O)(=O)C3(C(N)=O)CCOCC3)cc2)cc1. The van der Waals surface area contributed by atoms with Crippen molar-refractivity contribution in [2.75, 3.05) is 26.9 Å². The van der Waals surface area contributed by atoms with Gasteiger partial charge < -0.3 is 19.9 Å². The molecule has 30 heavy (non-hydrogen) atoms. The average Bonchev–Trinajstić information content (AvgIpc) is 2.77. The van der Waals surface area contributed by atoms with Crippen molar-refractivity contribution >= 4 is 15.7 Å². The summed E-state index contributed by atoms with van der Waals surface area (Å²) in [4.78, 5) is 12.1. The molecule has 162 valence electrons. The topological polar surface area (TPSA) is 105 Å². The number of methoxy groups -OCH3 is 1. The number of hydrogen-bond donors (Lipinski definition) is 1. The minimum Gasteiger partial charge on any atom is -0.497 e. The van der Waals surface area contributed by atoms with Crippen LogP contribution in [0.3, 0.4) is 0 Å². The summed E-state index contributed by atoms with van der Waals surface area (Å²) in [6.07, 6.45) is 1.80. The molecule has 1 aliphatic rings. The standard InChI is InChI=1S/C22H27NO6S/c1-27-18-6-4-17(5-7-18)3-2-14-29-19-8-10-20(11-9-19)30(25,26)22(21(23)24)12-15-28-16-13-22/h4-11H,2-3,12-16H2,1H3,(H2,23,24). The lowest BCUT2D eigenvalue weighted by Crippen LogP contribution is -2.53. The van der Waals surface area contributed by atoms with E-state index in [1.54, 1.807) is 19.2 Å². The fraction of sp³-hybridized carbons (Fsp3) is 0.409. The first-order chi connectivity index (χ1) is 14.4. The van der Waals surface area contributed by atoms with E-state index in [-0.39, 0.29) is 31.0 Å². The summed E-state index contributed by atoms with van der Waals surface area (Å²) >= 11 is 0. The maximum absolute atomic E-state index is 13.1. The number of carbonyl (C=O) groups is 1. The van der Waals surface area contributed by atoms with E-state index in [0.717, 1.165) is 18.6 Å². The lowest BCUT2D eigenvalue weighted by atomic mass is 9.98. The van der Waals surface area contributed by atoms with E-state index < -0.39 is 20.5 Å². The number of hydrogen-bond acceptors (Lipinski definition) is 6. The van der Waals surface area contributed by atoms with E-state index in [2.05, 4.69) is 0 Å². The van der Waals surface area contributed by atoms with E-state index in [1.807, 2.05) is 24.3 Å². The van der Waals surface area contributed by atoms with Gasteiger partial charge in [0.15, 0.2) is 14.6 Å². The molecular weight excluding hydrogens is 406 g/mol. The van der Waals surface area contributed by atoms with Crippen molar-refractivity contribution in [2.45, 2.75) is 35.3 Å². The first-order valence-electron chi connectivity index (χ1n) is 9.87. The summed E-state index contributed by atoms with van der Waals surface area (Å²) in [5, 5.41) is 0. The molecule has 1 heterocycles. The molecule has 1 aliphatic heterocycles. The maximum atomic E-state index is 13.1. The molecule has 0 radical (unpaired) electrons. The summed E-state index contributed by atoms with van der Waals surface area (Å²) in [7, 11) is -2.29. The van der Waals surface area contributed by atoms with Crippen molar-refractivity contribution in [3.8, 4) is 11.5 Å². The van der Waals surface area contributed by atoms with Gasteiger partial charge in [-0.25, -0.2) is 8.42 Å². The molecule has 0 saturated carbocycles. The van der Waals surface area contributed by atoms with Gasteiger partial charge in [0, 0.05) is 13.2 Å². The molecule has 1 fully saturated rings. The van der Waals surface area contributed by atoms with Crippen LogP contribution in [0.1, 0.15) is 24.8 Å². The Morgan fingerprint density at radius 2 is 1.63 bits per heavy atom. The van der Waals surface area contributed by atoms with Gasteiger partial charge in [-0.1, -0.05) is 12.1 Å². The molecule has 0 aromatic heterocycles. The van der Waals surface area contributed by atoms with Crippen molar-refractivity contribution < 1.29 is 27.4 Å². The number of rotatable bonds is 9. The first kappa shape index (κ1) is 22.1. The number of ether oxygens (including phenoxy) is 3. The third-order valence-corrected chi connectivity index (χ3v) is 7.97. The molecule has 7 nitrogen and oxygen atoms in total. The van der Waals surface area contributed by atoms with Crippen LogP contribution in [0.5, 0.6) is 11.5 Å². The second kappa shape index (κ2) is 9.49. The predicted octanol–water partition coefficient (Wildman–Crippen LogP) is 2.52. The van der Waals surface area contributed by atoms with E-state index in [9.17, 15) is 13.2 Å². The number of benzene rings is 2. The van der Waals surface area contributed by atoms with Gasteiger partial charge in [0.25, 0.3) is 0 Å². The molecule has 0 spiro atoms. The van der Waals surface area contributed by atoms with Gasteiger partial charge in [0.1, 0.15) is 11.5 Å². The van der Waals surface area contributed by atoms with Crippen LogP contribution in [0.15, 0.2) is 53.4 Å². The maximum Gasteiger partial charge on any atom is 0.239 e. The van der Waals surface area contributed by atoms with Crippen molar-refractivity contribution in [1.82, 2.24) is 0 Å². The lowest BCUT2D eigenvalue weighted by Gasteiger charge is -2.33. The summed E-state index contributed by atoms with van der Waals surface area (Å²) in [5.74, 6) is 0.567. The van der Waals surface area contributed by atoms with Crippen LogP contribution in [0.2, 0.25) is 0 Å². The summed E-state index contributed by atoms with van der Waals surface area (Å²) < 4.78 is 40.7. The number of amides is 1. The number of aryl methyl sites for hydroxylation is 1. The first-order valence-corrected chi connectivity index (χ1v) is 11.4. The monoisotopic (exact) mass is 433 g/mol. The Bertz CT molecular complexity index is 948. The Hall–Kier alpha value is -2.58. The molecule has 2 aromatic rings. The fourth-order valence-corrected chi connectivity index (χ4v) is 5.46. The van der Waals surface area contributed by atoms with Crippen LogP contribution in [-0.2, 0) is 25.8 Å². The van der Waals surface area contributed by atoms with Crippen LogP contribution >= 0.6 is 0 Å². The number of primary amides is 1. The molecule has 0 bridgehead atoms. The van der Waals surface area contributed by atoms with Gasteiger partial charge in [-0.2, -0.15) is 0 Å². The predicted molar refractivity (Wildman–Crippen MR) is 112 cm³/mol. The quantitative estimate of drug-likeness (QED) is 0.609. The zero-order chi connectivity index (χ0) is 21.6. The van der Waals surface area contributed by atoms with Crippen molar-refractivity contribution in [2.24, 2.45) is 5.73 Å². The van der Waals surface area contributed by atoms with E-state index in [0.29, 0.717) is 12.4 Å². The zero-order valence-corrected chi connectivity index (χ0v) is 17.8. The Kier molecular flexibility index (Phi) is 6.99.